The second-order valence-electron chi connectivity index (χ2n) is 5.01. The molecule has 0 unspecified atom stereocenters. The molecule has 1 atom stereocenters. The topological polar surface area (TPSA) is 64.6 Å². The van der Waals surface area contributed by atoms with E-state index in [0.29, 0.717) is 21.5 Å². The lowest BCUT2D eigenvalue weighted by Gasteiger charge is -2.15. The highest BCUT2D eigenvalue weighted by molar-refractivity contribution is 6.42. The number of methoxy groups -OCH3 is 1. The predicted octanol–water partition coefficient (Wildman–Crippen LogP) is 4.84. The first-order valence-electron chi connectivity index (χ1n) is 7.12. The summed E-state index contributed by atoms with van der Waals surface area (Å²) in [6.45, 7) is 1.45. The van der Waals surface area contributed by atoms with Crippen LogP contribution in [0.4, 0.5) is 5.69 Å². The number of ether oxygens (including phenoxy) is 2. The van der Waals surface area contributed by atoms with Gasteiger partial charge in [0.2, 0.25) is 0 Å². The normalized spacial score (nSPS) is 11.6. The number of amides is 1. The number of carbonyl (C=O) groups excluding carboxylic acids is 2. The van der Waals surface area contributed by atoms with Crippen LogP contribution in [0.1, 0.15) is 17.3 Å². The van der Waals surface area contributed by atoms with Crippen LogP contribution in [0, 0.1) is 0 Å². The number of rotatable bonds is 5. The van der Waals surface area contributed by atoms with E-state index < -0.39 is 18.0 Å². The highest BCUT2D eigenvalue weighted by atomic mass is 35.5. The molecule has 5 nitrogen and oxygen atoms in total. The predicted molar refractivity (Wildman–Crippen MR) is 98.0 cm³/mol. The molecule has 1 N–H and O–H groups in total. The summed E-state index contributed by atoms with van der Waals surface area (Å²) in [5.41, 5.74) is 0.562. The summed E-state index contributed by atoms with van der Waals surface area (Å²) in [4.78, 5) is 24.3. The van der Waals surface area contributed by atoms with Crippen molar-refractivity contribution in [3.8, 4) is 5.75 Å². The molecule has 1 amide bonds. The molecule has 0 fully saturated rings. The summed E-state index contributed by atoms with van der Waals surface area (Å²) < 4.78 is 10.3. The standard InChI is InChI=1S/C17H14Cl3NO4/c1-9(25-17(23)10-3-5-12(19)13(20)7-10)16(22)21-14-8-11(18)4-6-15(14)24-2/h3-9H,1-2H3,(H,21,22)/t9-/m0/s1. The van der Waals surface area contributed by atoms with Crippen LogP contribution in [0.2, 0.25) is 15.1 Å². The number of esters is 1. The third kappa shape index (κ3) is 5.01. The van der Waals surface area contributed by atoms with Crippen molar-refractivity contribution in [1.82, 2.24) is 0 Å². The van der Waals surface area contributed by atoms with Gasteiger partial charge >= 0.3 is 5.97 Å². The van der Waals surface area contributed by atoms with E-state index in [-0.39, 0.29) is 10.6 Å². The van der Waals surface area contributed by atoms with E-state index in [1.165, 1.54) is 38.3 Å². The molecule has 0 aliphatic heterocycles. The Labute approximate surface area is 159 Å². The fraction of sp³-hybridized carbons (Fsp3) is 0.176. The summed E-state index contributed by atoms with van der Waals surface area (Å²) in [5, 5.41) is 3.57. The summed E-state index contributed by atoms with van der Waals surface area (Å²) >= 11 is 17.6. The first kappa shape index (κ1) is 19.4. The first-order valence-corrected chi connectivity index (χ1v) is 8.25. The molecule has 0 saturated carbocycles. The van der Waals surface area contributed by atoms with Crippen molar-refractivity contribution in [3.05, 3.63) is 57.0 Å². The van der Waals surface area contributed by atoms with Crippen LogP contribution >= 0.6 is 34.8 Å². The largest absolute Gasteiger partial charge is 0.495 e. The number of anilines is 1. The Bertz CT molecular complexity index is 810. The molecule has 2 aromatic rings. The van der Waals surface area contributed by atoms with Crippen LogP contribution in [-0.4, -0.2) is 25.1 Å². The van der Waals surface area contributed by atoms with Crippen LogP contribution in [0.15, 0.2) is 36.4 Å². The van der Waals surface area contributed by atoms with E-state index in [0.717, 1.165) is 0 Å². The van der Waals surface area contributed by atoms with Crippen molar-refractivity contribution >= 4 is 52.4 Å². The maximum atomic E-state index is 12.2. The van der Waals surface area contributed by atoms with Crippen LogP contribution in [0.25, 0.3) is 0 Å². The third-order valence-electron chi connectivity index (χ3n) is 3.23. The summed E-state index contributed by atoms with van der Waals surface area (Å²) in [6, 6.07) is 9.08. The molecule has 0 radical (unpaired) electrons. The van der Waals surface area contributed by atoms with Gasteiger partial charge in [-0.3, -0.25) is 4.79 Å². The maximum absolute atomic E-state index is 12.2. The molecule has 8 heteroatoms. The van der Waals surface area contributed by atoms with E-state index in [2.05, 4.69) is 5.32 Å². The van der Waals surface area contributed by atoms with Gasteiger partial charge in [0.05, 0.1) is 28.4 Å². The second-order valence-corrected chi connectivity index (χ2v) is 6.26. The average Bonchev–Trinajstić information content (AvgIpc) is 2.57. The van der Waals surface area contributed by atoms with Crippen molar-refractivity contribution in [3.63, 3.8) is 0 Å². The highest BCUT2D eigenvalue weighted by Crippen LogP contribution is 2.28. The van der Waals surface area contributed by atoms with Gasteiger partial charge in [0.15, 0.2) is 6.10 Å². The maximum Gasteiger partial charge on any atom is 0.338 e. The minimum Gasteiger partial charge on any atom is -0.495 e. The third-order valence-corrected chi connectivity index (χ3v) is 4.20. The quantitative estimate of drug-likeness (QED) is 0.727. The van der Waals surface area contributed by atoms with Gasteiger partial charge < -0.3 is 14.8 Å². The molecule has 0 aliphatic rings. The van der Waals surface area contributed by atoms with E-state index in [1.54, 1.807) is 12.1 Å². The molecule has 2 rings (SSSR count). The SMILES string of the molecule is COc1ccc(Cl)cc1NC(=O)[C@H](C)OC(=O)c1ccc(Cl)c(Cl)c1. The van der Waals surface area contributed by atoms with Crippen molar-refractivity contribution in [2.75, 3.05) is 12.4 Å². The molecule has 132 valence electrons. The van der Waals surface area contributed by atoms with E-state index >= 15 is 0 Å². The minimum absolute atomic E-state index is 0.189. The second kappa shape index (κ2) is 8.43. The first-order chi connectivity index (χ1) is 11.8. The number of carbonyl (C=O) groups is 2. The molecular formula is C17H14Cl3NO4. The Balaban J connectivity index is 2.06. The van der Waals surface area contributed by atoms with Crippen molar-refractivity contribution < 1.29 is 19.1 Å². The summed E-state index contributed by atoms with van der Waals surface area (Å²) in [6.07, 6.45) is -1.05. The van der Waals surface area contributed by atoms with Gasteiger partial charge in [-0.1, -0.05) is 34.8 Å². The van der Waals surface area contributed by atoms with Gasteiger partial charge in [0.25, 0.3) is 5.91 Å². The summed E-state index contributed by atoms with van der Waals surface area (Å²) in [7, 11) is 1.46. The molecule has 0 bridgehead atoms. The van der Waals surface area contributed by atoms with Crippen LogP contribution in [0.3, 0.4) is 0 Å². The number of nitrogens with one attached hydrogen (secondary N) is 1. The minimum atomic E-state index is -1.05. The fourth-order valence-corrected chi connectivity index (χ4v) is 2.39. The van der Waals surface area contributed by atoms with E-state index in [9.17, 15) is 9.59 Å². The van der Waals surface area contributed by atoms with E-state index in [4.69, 9.17) is 44.3 Å². The Morgan fingerprint density at radius 1 is 1.04 bits per heavy atom. The Hall–Kier alpha value is -1.95. The van der Waals surface area contributed by atoms with Crippen LogP contribution < -0.4 is 10.1 Å². The average molecular weight is 403 g/mol. The lowest BCUT2D eigenvalue weighted by atomic mass is 10.2. The lowest BCUT2D eigenvalue weighted by Crippen LogP contribution is -2.30. The van der Waals surface area contributed by atoms with Gasteiger partial charge in [-0.15, -0.1) is 0 Å². The molecule has 0 aromatic heterocycles. The molecule has 2 aromatic carbocycles. The molecule has 0 saturated heterocycles. The smallest absolute Gasteiger partial charge is 0.338 e. The Morgan fingerprint density at radius 2 is 1.76 bits per heavy atom. The van der Waals surface area contributed by atoms with Gasteiger partial charge in [-0.25, -0.2) is 4.79 Å². The number of hydrogen-bond acceptors (Lipinski definition) is 4. The van der Waals surface area contributed by atoms with Gasteiger partial charge in [-0.2, -0.15) is 0 Å². The molecule has 25 heavy (non-hydrogen) atoms. The molecule has 0 heterocycles. The zero-order valence-electron chi connectivity index (χ0n) is 13.3. The van der Waals surface area contributed by atoms with Gasteiger partial charge in [0, 0.05) is 5.02 Å². The van der Waals surface area contributed by atoms with E-state index in [1.807, 2.05) is 0 Å². The molecule has 0 aliphatic carbocycles. The van der Waals surface area contributed by atoms with Crippen LogP contribution in [0.5, 0.6) is 5.75 Å². The monoisotopic (exact) mass is 401 g/mol. The lowest BCUT2D eigenvalue weighted by molar-refractivity contribution is -0.123. The Morgan fingerprint density at radius 3 is 2.40 bits per heavy atom. The van der Waals surface area contributed by atoms with Gasteiger partial charge in [-0.05, 0) is 43.3 Å². The number of halogens is 3. The summed E-state index contributed by atoms with van der Waals surface area (Å²) in [5.74, 6) is -0.797. The van der Waals surface area contributed by atoms with Crippen LogP contribution in [-0.2, 0) is 9.53 Å². The Kier molecular flexibility index (Phi) is 6.53. The fourth-order valence-electron chi connectivity index (χ4n) is 1.92. The van der Waals surface area contributed by atoms with Gasteiger partial charge in [0.1, 0.15) is 5.75 Å². The van der Waals surface area contributed by atoms with Crippen molar-refractivity contribution in [2.24, 2.45) is 0 Å². The van der Waals surface area contributed by atoms with Crippen molar-refractivity contribution in [1.29, 1.82) is 0 Å². The zero-order chi connectivity index (χ0) is 18.6. The highest BCUT2D eigenvalue weighted by Gasteiger charge is 2.20. The molecular weight excluding hydrogens is 389 g/mol. The number of hydrogen-bond donors (Lipinski definition) is 1. The zero-order valence-corrected chi connectivity index (χ0v) is 15.6. The number of benzene rings is 2. The van der Waals surface area contributed by atoms with Crippen molar-refractivity contribution in [2.45, 2.75) is 13.0 Å². The molecule has 0 spiro atoms.